The number of carboxylic acids is 1. The molecule has 1 amide bonds. The molecule has 23 heavy (non-hydrogen) atoms. The second-order valence-electron chi connectivity index (χ2n) is 5.40. The molecule has 0 aromatic carbocycles. The first-order valence-electron chi connectivity index (χ1n) is 7.20. The molecule has 0 bridgehead atoms. The molecule has 0 aliphatic heterocycles. The Balaban J connectivity index is 2.64. The fourth-order valence-electron chi connectivity index (χ4n) is 1.85. The van der Waals surface area contributed by atoms with Gasteiger partial charge in [0.25, 0.3) is 5.91 Å². The molecule has 1 heterocycles. The first-order chi connectivity index (χ1) is 10.9. The van der Waals surface area contributed by atoms with Gasteiger partial charge in [0, 0.05) is 25.1 Å². The van der Waals surface area contributed by atoms with E-state index in [1.54, 1.807) is 30.6 Å². The molecule has 0 spiro atoms. The summed E-state index contributed by atoms with van der Waals surface area (Å²) in [5, 5.41) is 23.4. The molecule has 122 valence electrons. The maximum absolute atomic E-state index is 12.0. The van der Waals surface area contributed by atoms with Gasteiger partial charge in [-0.2, -0.15) is 5.26 Å². The van der Waals surface area contributed by atoms with Crippen LogP contribution in [0.3, 0.4) is 0 Å². The van der Waals surface area contributed by atoms with Gasteiger partial charge in [-0.1, -0.05) is 13.8 Å². The number of nitrogens with one attached hydrogen (secondary N) is 2. The van der Waals surface area contributed by atoms with Crippen LogP contribution in [0.5, 0.6) is 0 Å². The lowest BCUT2D eigenvalue weighted by atomic mass is 10.0. The Labute approximate surface area is 135 Å². The highest BCUT2D eigenvalue weighted by molar-refractivity contribution is 5.99. The number of carbonyl (C=O) groups is 2. The number of carboxylic acid groups (broad SMARTS) is 1. The Morgan fingerprint density at radius 1 is 1.39 bits per heavy atom. The maximum Gasteiger partial charge on any atom is 0.326 e. The van der Waals surface area contributed by atoms with Crippen LogP contribution in [0.2, 0.25) is 0 Å². The number of aromatic nitrogens is 1. The lowest BCUT2D eigenvalue weighted by molar-refractivity contribution is -0.141. The molecule has 1 aromatic rings. The molecule has 7 heteroatoms. The summed E-state index contributed by atoms with van der Waals surface area (Å²) in [6, 6.07) is 4.36. The number of amides is 1. The van der Waals surface area contributed by atoms with E-state index >= 15 is 0 Å². The first-order valence-corrected chi connectivity index (χ1v) is 7.20. The summed E-state index contributed by atoms with van der Waals surface area (Å²) < 4.78 is 0. The molecule has 1 unspecified atom stereocenters. The maximum atomic E-state index is 12.0. The van der Waals surface area contributed by atoms with Gasteiger partial charge in [0.15, 0.2) is 0 Å². The van der Waals surface area contributed by atoms with Crippen LogP contribution in [0, 0.1) is 17.2 Å². The Hall–Kier alpha value is -2.88. The summed E-state index contributed by atoms with van der Waals surface area (Å²) in [6.07, 6.45) is 4.86. The lowest BCUT2D eigenvalue weighted by Crippen LogP contribution is -2.42. The molecule has 0 fully saturated rings. The van der Waals surface area contributed by atoms with Crippen LogP contribution < -0.4 is 10.6 Å². The molecule has 7 nitrogen and oxygen atoms in total. The van der Waals surface area contributed by atoms with Gasteiger partial charge in [0.2, 0.25) is 0 Å². The fraction of sp³-hybridized carbons (Fsp3) is 0.375. The minimum atomic E-state index is -1.12. The minimum absolute atomic E-state index is 0.107. The summed E-state index contributed by atoms with van der Waals surface area (Å²) in [5.41, 5.74) is 0.770. The number of carbonyl (C=O) groups excluding carboxylic acids is 1. The van der Waals surface area contributed by atoms with E-state index in [4.69, 9.17) is 10.4 Å². The number of hydrogen-bond acceptors (Lipinski definition) is 5. The molecule has 0 saturated carbocycles. The summed E-state index contributed by atoms with van der Waals surface area (Å²) >= 11 is 0. The normalized spacial score (nSPS) is 12.3. The number of rotatable bonds is 8. The number of hydrogen-bond donors (Lipinski definition) is 3. The van der Waals surface area contributed by atoms with Crippen molar-refractivity contribution in [3.63, 3.8) is 0 Å². The van der Waals surface area contributed by atoms with Crippen LogP contribution in [0.25, 0.3) is 0 Å². The van der Waals surface area contributed by atoms with Gasteiger partial charge < -0.3 is 15.7 Å². The number of nitriles is 1. The van der Waals surface area contributed by atoms with E-state index in [0.717, 1.165) is 5.56 Å². The van der Waals surface area contributed by atoms with Crippen LogP contribution in [0.4, 0.5) is 0 Å². The van der Waals surface area contributed by atoms with Gasteiger partial charge >= 0.3 is 5.97 Å². The van der Waals surface area contributed by atoms with E-state index in [1.807, 2.05) is 13.8 Å². The van der Waals surface area contributed by atoms with E-state index in [2.05, 4.69) is 15.6 Å². The van der Waals surface area contributed by atoms with Gasteiger partial charge in [0.1, 0.15) is 17.7 Å². The van der Waals surface area contributed by atoms with Crippen molar-refractivity contribution < 1.29 is 14.7 Å². The Morgan fingerprint density at radius 2 is 2.04 bits per heavy atom. The van der Waals surface area contributed by atoms with Crippen molar-refractivity contribution >= 4 is 11.9 Å². The standard InChI is InChI=1S/C16H20N4O3/c1-11(2)7-14(16(22)23)20-15(21)13(8-17)10-19-9-12-3-5-18-6-4-12/h3-6,10-11,14,19H,7,9H2,1-2H3,(H,20,21)(H,22,23)/b13-10-. The Morgan fingerprint density at radius 3 is 2.57 bits per heavy atom. The minimum Gasteiger partial charge on any atom is -0.480 e. The Kier molecular flexibility index (Phi) is 7.27. The predicted octanol–water partition coefficient (Wildman–Crippen LogP) is 1.19. The SMILES string of the molecule is CC(C)CC(NC(=O)/C(C#N)=C\NCc1ccncc1)C(=O)O. The highest BCUT2D eigenvalue weighted by Gasteiger charge is 2.22. The van der Waals surface area contributed by atoms with Crippen molar-refractivity contribution in [2.45, 2.75) is 32.9 Å². The predicted molar refractivity (Wildman–Crippen MR) is 83.8 cm³/mol. The summed E-state index contributed by atoms with van der Waals surface area (Å²) in [6.45, 7) is 4.15. The lowest BCUT2D eigenvalue weighted by Gasteiger charge is -2.16. The Bertz CT molecular complexity index is 606. The van der Waals surface area contributed by atoms with E-state index in [1.165, 1.54) is 6.20 Å². The van der Waals surface area contributed by atoms with Gasteiger partial charge in [-0.15, -0.1) is 0 Å². The smallest absolute Gasteiger partial charge is 0.326 e. The first kappa shape index (κ1) is 18.2. The zero-order valence-electron chi connectivity index (χ0n) is 13.1. The summed E-state index contributed by atoms with van der Waals surface area (Å²) in [4.78, 5) is 27.0. The number of aliphatic carboxylic acids is 1. The van der Waals surface area contributed by atoms with Gasteiger partial charge in [-0.05, 0) is 30.0 Å². The highest BCUT2D eigenvalue weighted by Crippen LogP contribution is 2.06. The zero-order chi connectivity index (χ0) is 17.2. The third kappa shape index (κ3) is 6.61. The quantitative estimate of drug-likeness (QED) is 0.490. The van der Waals surface area contributed by atoms with Crippen molar-refractivity contribution in [1.82, 2.24) is 15.6 Å². The zero-order valence-corrected chi connectivity index (χ0v) is 13.1. The molecular formula is C16H20N4O3. The number of pyridine rings is 1. The molecule has 0 saturated heterocycles. The molecule has 0 aliphatic carbocycles. The third-order valence-corrected chi connectivity index (χ3v) is 2.98. The van der Waals surface area contributed by atoms with Crippen LogP contribution in [0.15, 0.2) is 36.3 Å². The van der Waals surface area contributed by atoms with Gasteiger partial charge in [-0.3, -0.25) is 9.78 Å². The van der Waals surface area contributed by atoms with Crippen molar-refractivity contribution in [3.8, 4) is 6.07 Å². The van der Waals surface area contributed by atoms with Gasteiger partial charge in [0.05, 0.1) is 0 Å². The average molecular weight is 316 g/mol. The largest absolute Gasteiger partial charge is 0.480 e. The van der Waals surface area contributed by atoms with Crippen molar-refractivity contribution in [2.75, 3.05) is 0 Å². The molecule has 1 atom stereocenters. The van der Waals surface area contributed by atoms with E-state index in [0.29, 0.717) is 13.0 Å². The van der Waals surface area contributed by atoms with Crippen LogP contribution in [-0.4, -0.2) is 28.0 Å². The fourth-order valence-corrected chi connectivity index (χ4v) is 1.85. The average Bonchev–Trinajstić information content (AvgIpc) is 2.51. The topological polar surface area (TPSA) is 115 Å². The molecular weight excluding hydrogens is 296 g/mol. The van der Waals surface area contributed by atoms with Crippen molar-refractivity contribution in [1.29, 1.82) is 5.26 Å². The van der Waals surface area contributed by atoms with E-state index in [9.17, 15) is 9.59 Å². The second kappa shape index (κ2) is 9.20. The number of nitrogens with zero attached hydrogens (tertiary/aromatic N) is 2. The van der Waals surface area contributed by atoms with E-state index in [-0.39, 0.29) is 11.5 Å². The van der Waals surface area contributed by atoms with Crippen molar-refractivity contribution in [2.24, 2.45) is 5.92 Å². The molecule has 3 N–H and O–H groups in total. The van der Waals surface area contributed by atoms with Crippen LogP contribution in [-0.2, 0) is 16.1 Å². The van der Waals surface area contributed by atoms with Crippen LogP contribution in [0.1, 0.15) is 25.8 Å². The van der Waals surface area contributed by atoms with E-state index < -0.39 is 17.9 Å². The molecule has 0 aliphatic rings. The highest BCUT2D eigenvalue weighted by atomic mass is 16.4. The van der Waals surface area contributed by atoms with Gasteiger partial charge in [-0.25, -0.2) is 4.79 Å². The summed E-state index contributed by atoms with van der Waals surface area (Å²) in [7, 11) is 0. The van der Waals surface area contributed by atoms with Crippen LogP contribution >= 0.6 is 0 Å². The molecule has 0 radical (unpaired) electrons. The molecule has 1 rings (SSSR count). The molecule has 1 aromatic heterocycles. The second-order valence-corrected chi connectivity index (χ2v) is 5.40. The summed E-state index contributed by atoms with van der Waals surface area (Å²) in [5.74, 6) is -1.72. The monoisotopic (exact) mass is 316 g/mol. The third-order valence-electron chi connectivity index (χ3n) is 2.98. The van der Waals surface area contributed by atoms with Crippen molar-refractivity contribution in [3.05, 3.63) is 41.9 Å².